The van der Waals surface area contributed by atoms with Gasteiger partial charge in [-0.15, -0.1) is 0 Å². The largest absolute Gasteiger partial charge is 0.497 e. The van der Waals surface area contributed by atoms with E-state index in [9.17, 15) is 9.59 Å². The summed E-state index contributed by atoms with van der Waals surface area (Å²) in [5.74, 6) is 0.482. The Bertz CT molecular complexity index is 1010. The number of aromatic nitrogens is 1. The summed E-state index contributed by atoms with van der Waals surface area (Å²) in [4.78, 5) is 27.8. The van der Waals surface area contributed by atoms with Gasteiger partial charge in [-0.2, -0.15) is 0 Å². The van der Waals surface area contributed by atoms with Crippen LogP contribution in [-0.2, 0) is 20.7 Å². The van der Waals surface area contributed by atoms with Crippen molar-refractivity contribution >= 4 is 17.6 Å². The number of fused-ring (bicyclic) bond motifs is 1. The Morgan fingerprint density at radius 3 is 2.87 bits per heavy atom. The Morgan fingerprint density at radius 1 is 1.37 bits per heavy atom. The molecule has 156 valence electrons. The molecule has 2 fully saturated rings. The first-order valence-electron chi connectivity index (χ1n) is 10.0. The van der Waals surface area contributed by atoms with Gasteiger partial charge in [-0.25, -0.2) is 0 Å². The van der Waals surface area contributed by atoms with Gasteiger partial charge in [0.05, 0.1) is 31.6 Å². The molecule has 8 nitrogen and oxygen atoms in total. The van der Waals surface area contributed by atoms with Crippen LogP contribution in [0.2, 0.25) is 0 Å². The third-order valence-corrected chi connectivity index (χ3v) is 6.17. The zero-order valence-electron chi connectivity index (χ0n) is 16.8. The number of methoxy groups -OCH3 is 1. The second-order valence-electron chi connectivity index (χ2n) is 8.01. The van der Waals surface area contributed by atoms with Crippen LogP contribution in [0.1, 0.15) is 11.3 Å². The second-order valence-corrected chi connectivity index (χ2v) is 8.01. The van der Waals surface area contributed by atoms with Crippen LogP contribution in [0.15, 0.2) is 47.0 Å². The van der Waals surface area contributed by atoms with Gasteiger partial charge in [0.25, 0.3) is 0 Å². The minimum Gasteiger partial charge on any atom is -0.497 e. The number of amides is 2. The lowest BCUT2D eigenvalue weighted by atomic mass is 9.77. The van der Waals surface area contributed by atoms with Crippen molar-refractivity contribution < 1.29 is 23.6 Å². The van der Waals surface area contributed by atoms with E-state index in [0.717, 1.165) is 11.3 Å². The molecule has 0 saturated carbocycles. The van der Waals surface area contributed by atoms with Gasteiger partial charge in [0.15, 0.2) is 5.82 Å². The zero-order chi connectivity index (χ0) is 20.9. The van der Waals surface area contributed by atoms with Crippen molar-refractivity contribution in [1.29, 1.82) is 0 Å². The Labute approximate surface area is 173 Å². The first kappa shape index (κ1) is 18.9. The Balaban J connectivity index is 1.27. The highest BCUT2D eigenvalue weighted by molar-refractivity contribution is 6.02. The van der Waals surface area contributed by atoms with Crippen LogP contribution in [0.4, 0.5) is 5.82 Å². The third kappa shape index (κ3) is 2.90. The number of rotatable bonds is 6. The molecule has 1 spiro atoms. The van der Waals surface area contributed by atoms with E-state index >= 15 is 0 Å². The van der Waals surface area contributed by atoms with E-state index in [1.807, 2.05) is 36.4 Å². The van der Waals surface area contributed by atoms with Gasteiger partial charge < -0.3 is 19.3 Å². The molecule has 0 aliphatic carbocycles. The maximum Gasteiger partial charge on any atom is 0.235 e. The lowest BCUT2D eigenvalue weighted by molar-refractivity contribution is -0.131. The quantitative estimate of drug-likeness (QED) is 0.729. The molecular weight excluding hydrogens is 386 g/mol. The maximum atomic E-state index is 13.2. The van der Waals surface area contributed by atoms with Crippen LogP contribution in [-0.4, -0.2) is 48.9 Å². The average molecular weight is 409 g/mol. The summed E-state index contributed by atoms with van der Waals surface area (Å²) in [6.07, 6.45) is 4.14. The van der Waals surface area contributed by atoms with Crippen LogP contribution in [0.5, 0.6) is 5.75 Å². The molecule has 3 aliphatic rings. The van der Waals surface area contributed by atoms with Gasteiger partial charge in [-0.3, -0.25) is 14.5 Å². The first-order chi connectivity index (χ1) is 14.5. The normalized spacial score (nSPS) is 28.8. The lowest BCUT2D eigenvalue weighted by Gasteiger charge is -2.23. The highest BCUT2D eigenvalue weighted by Crippen LogP contribution is 2.52. The summed E-state index contributed by atoms with van der Waals surface area (Å²) in [7, 11) is 1.63. The van der Waals surface area contributed by atoms with Gasteiger partial charge in [-0.05, 0) is 31.0 Å². The Kier molecular flexibility index (Phi) is 4.39. The average Bonchev–Trinajstić information content (AvgIpc) is 3.49. The van der Waals surface area contributed by atoms with E-state index in [-0.39, 0.29) is 17.9 Å². The minimum atomic E-state index is -0.771. The van der Waals surface area contributed by atoms with Crippen molar-refractivity contribution in [3.05, 3.63) is 53.8 Å². The Hall–Kier alpha value is -3.13. The van der Waals surface area contributed by atoms with Crippen molar-refractivity contribution in [3.8, 4) is 5.75 Å². The SMILES string of the molecule is COc1ccc(CCNC(=O)C2C3C(=O)N(c4cc(C)on4)C[C@@]34C=C[C@@H]2O4)cc1. The molecule has 2 bridgehead atoms. The summed E-state index contributed by atoms with van der Waals surface area (Å²) in [6.45, 7) is 2.60. The number of carbonyl (C=O) groups excluding carboxylic acids is 2. The van der Waals surface area contributed by atoms with E-state index in [1.54, 1.807) is 25.0 Å². The molecule has 3 aliphatic heterocycles. The maximum absolute atomic E-state index is 13.2. The number of benzene rings is 1. The molecule has 5 rings (SSSR count). The molecule has 2 unspecified atom stereocenters. The fourth-order valence-electron chi connectivity index (χ4n) is 4.71. The molecule has 2 amide bonds. The number of aryl methyl sites for hydroxylation is 1. The molecule has 2 saturated heterocycles. The predicted octanol–water partition coefficient (Wildman–Crippen LogP) is 1.64. The first-order valence-corrected chi connectivity index (χ1v) is 10.0. The molecule has 8 heteroatoms. The molecule has 1 aromatic heterocycles. The molecule has 4 atom stereocenters. The molecule has 0 radical (unpaired) electrons. The van der Waals surface area contributed by atoms with Crippen LogP contribution in [0, 0.1) is 18.8 Å². The molecule has 1 aromatic carbocycles. The van der Waals surface area contributed by atoms with Gasteiger partial charge in [0.1, 0.15) is 17.1 Å². The summed E-state index contributed by atoms with van der Waals surface area (Å²) in [6, 6.07) is 9.46. The van der Waals surface area contributed by atoms with Gasteiger partial charge in [-0.1, -0.05) is 29.4 Å². The van der Waals surface area contributed by atoms with Gasteiger partial charge in [0, 0.05) is 12.6 Å². The van der Waals surface area contributed by atoms with Gasteiger partial charge in [0.2, 0.25) is 11.8 Å². The topological polar surface area (TPSA) is 93.9 Å². The molecule has 2 aromatic rings. The minimum absolute atomic E-state index is 0.148. The van der Waals surface area contributed by atoms with E-state index < -0.39 is 17.4 Å². The molecular formula is C22H23N3O5. The van der Waals surface area contributed by atoms with Crippen molar-refractivity contribution in [3.63, 3.8) is 0 Å². The monoisotopic (exact) mass is 409 g/mol. The van der Waals surface area contributed by atoms with Crippen molar-refractivity contribution in [2.24, 2.45) is 11.8 Å². The highest BCUT2D eigenvalue weighted by atomic mass is 16.5. The van der Waals surface area contributed by atoms with E-state index in [1.165, 1.54) is 0 Å². The van der Waals surface area contributed by atoms with E-state index in [0.29, 0.717) is 31.1 Å². The third-order valence-electron chi connectivity index (χ3n) is 6.17. The number of ether oxygens (including phenoxy) is 2. The number of hydrogen-bond acceptors (Lipinski definition) is 6. The highest BCUT2D eigenvalue weighted by Gasteiger charge is 2.67. The summed E-state index contributed by atoms with van der Waals surface area (Å²) >= 11 is 0. The number of nitrogens with zero attached hydrogens (tertiary/aromatic N) is 2. The van der Waals surface area contributed by atoms with E-state index in [4.69, 9.17) is 14.0 Å². The number of anilines is 1. The molecule has 4 heterocycles. The Morgan fingerprint density at radius 2 is 2.17 bits per heavy atom. The molecule has 30 heavy (non-hydrogen) atoms. The van der Waals surface area contributed by atoms with Crippen LogP contribution in [0.25, 0.3) is 0 Å². The van der Waals surface area contributed by atoms with Crippen molar-refractivity contribution in [2.75, 3.05) is 25.1 Å². The number of nitrogens with one attached hydrogen (secondary N) is 1. The number of carbonyl (C=O) groups is 2. The second kappa shape index (κ2) is 6.98. The van der Waals surface area contributed by atoms with Crippen LogP contribution < -0.4 is 15.0 Å². The standard InChI is InChI=1S/C22H23N3O5/c1-13-11-17(24-30-13)25-12-22-9-7-16(29-22)18(19(22)21(25)27)20(26)23-10-8-14-3-5-15(28-2)6-4-14/h3-7,9,11,16,18-19H,8,10,12H2,1-2H3,(H,23,26)/t16-,18?,19?,22-/m0/s1. The van der Waals surface area contributed by atoms with Crippen molar-refractivity contribution in [2.45, 2.75) is 25.0 Å². The summed E-state index contributed by atoms with van der Waals surface area (Å²) < 4.78 is 16.4. The predicted molar refractivity (Wildman–Crippen MR) is 107 cm³/mol. The van der Waals surface area contributed by atoms with Crippen molar-refractivity contribution in [1.82, 2.24) is 10.5 Å². The fraction of sp³-hybridized carbons (Fsp3) is 0.409. The lowest BCUT2D eigenvalue weighted by Crippen LogP contribution is -2.44. The summed E-state index contributed by atoms with van der Waals surface area (Å²) in [5.41, 5.74) is 0.327. The zero-order valence-corrected chi connectivity index (χ0v) is 16.8. The number of hydrogen-bond donors (Lipinski definition) is 1. The van der Waals surface area contributed by atoms with Crippen LogP contribution >= 0.6 is 0 Å². The summed E-state index contributed by atoms with van der Waals surface area (Å²) in [5, 5.41) is 6.95. The van der Waals surface area contributed by atoms with E-state index in [2.05, 4.69) is 10.5 Å². The smallest absolute Gasteiger partial charge is 0.235 e. The fourth-order valence-corrected chi connectivity index (χ4v) is 4.71. The van der Waals surface area contributed by atoms with Crippen LogP contribution in [0.3, 0.4) is 0 Å². The van der Waals surface area contributed by atoms with Gasteiger partial charge >= 0.3 is 0 Å². The molecule has 1 N–H and O–H groups in total.